The monoisotopic (exact) mass is 495 g/mol. The van der Waals surface area contributed by atoms with Gasteiger partial charge in [0, 0.05) is 37.4 Å². The number of aryl methyl sites for hydroxylation is 2. The van der Waals surface area contributed by atoms with E-state index in [1.807, 2.05) is 17.6 Å². The minimum atomic E-state index is -0.365. The fourth-order valence-electron chi connectivity index (χ4n) is 4.56. The molecule has 0 saturated carbocycles. The van der Waals surface area contributed by atoms with Crippen molar-refractivity contribution < 1.29 is 13.9 Å². The summed E-state index contributed by atoms with van der Waals surface area (Å²) in [5.74, 6) is 0.311. The van der Waals surface area contributed by atoms with Crippen molar-refractivity contribution in [2.24, 2.45) is 0 Å². The number of morpholine rings is 1. The van der Waals surface area contributed by atoms with Crippen molar-refractivity contribution in [3.8, 4) is 11.4 Å². The molecule has 0 bridgehead atoms. The van der Waals surface area contributed by atoms with Crippen LogP contribution in [0, 0.1) is 5.82 Å². The van der Waals surface area contributed by atoms with E-state index in [-0.39, 0.29) is 17.0 Å². The molecule has 2 aromatic carbocycles. The summed E-state index contributed by atoms with van der Waals surface area (Å²) in [6, 6.07) is 12.5. The number of fused-ring (bicyclic) bond motifs is 1. The predicted molar refractivity (Wildman–Crippen MR) is 135 cm³/mol. The number of ether oxygens (including phenoxy) is 1. The van der Waals surface area contributed by atoms with Crippen molar-refractivity contribution >= 4 is 23.4 Å². The molecule has 0 spiro atoms. The van der Waals surface area contributed by atoms with E-state index in [0.29, 0.717) is 17.5 Å². The van der Waals surface area contributed by atoms with Crippen LogP contribution in [0.5, 0.6) is 0 Å². The van der Waals surface area contributed by atoms with E-state index in [1.165, 1.54) is 41.4 Å². The number of nitrogens with one attached hydrogen (secondary N) is 1. The minimum absolute atomic E-state index is 0.0704. The minimum Gasteiger partial charge on any atom is -0.379 e. The average Bonchev–Trinajstić information content (AvgIpc) is 3.50. The van der Waals surface area contributed by atoms with Gasteiger partial charge in [0.25, 0.3) is 0 Å². The fourth-order valence-corrected chi connectivity index (χ4v) is 5.44. The molecule has 7 nitrogen and oxygen atoms in total. The highest BCUT2D eigenvalue weighted by Gasteiger charge is 2.22. The van der Waals surface area contributed by atoms with Crippen molar-refractivity contribution in [2.75, 3.05) is 38.2 Å². The normalized spacial score (nSPS) is 16.7. The van der Waals surface area contributed by atoms with Crippen LogP contribution in [-0.2, 0) is 28.9 Å². The Bertz CT molecular complexity index is 1180. The summed E-state index contributed by atoms with van der Waals surface area (Å²) < 4.78 is 21.0. The molecule has 1 amide bonds. The number of thioether (sulfide) groups is 1. The van der Waals surface area contributed by atoms with E-state index >= 15 is 0 Å². The predicted octanol–water partition coefficient (Wildman–Crippen LogP) is 4.02. The second-order valence-electron chi connectivity index (χ2n) is 9.01. The topological polar surface area (TPSA) is 72.3 Å². The molecule has 0 radical (unpaired) electrons. The Morgan fingerprint density at radius 2 is 1.86 bits per heavy atom. The quantitative estimate of drug-likeness (QED) is 0.476. The van der Waals surface area contributed by atoms with Gasteiger partial charge in [-0.05, 0) is 73.7 Å². The molecule has 5 rings (SSSR count). The number of halogens is 1. The number of aromatic nitrogens is 3. The highest BCUT2D eigenvalue weighted by atomic mass is 32.2. The average molecular weight is 496 g/mol. The van der Waals surface area contributed by atoms with Crippen molar-refractivity contribution in [3.05, 3.63) is 59.4 Å². The third-order valence-electron chi connectivity index (χ3n) is 6.58. The van der Waals surface area contributed by atoms with E-state index in [1.54, 1.807) is 12.1 Å². The Hall–Kier alpha value is -2.75. The number of carbonyl (C=O) groups excluding carboxylic acids is 1. The smallest absolute Gasteiger partial charge is 0.237 e. The number of hydrogen-bond acceptors (Lipinski definition) is 6. The molecule has 0 unspecified atom stereocenters. The van der Waals surface area contributed by atoms with E-state index in [2.05, 4.69) is 32.5 Å². The Morgan fingerprint density at radius 1 is 1.09 bits per heavy atom. The van der Waals surface area contributed by atoms with Gasteiger partial charge >= 0.3 is 0 Å². The molecule has 1 N–H and O–H groups in total. The summed E-state index contributed by atoms with van der Waals surface area (Å²) in [5, 5.41) is 12.2. The second-order valence-corrected chi connectivity index (χ2v) is 10.3. The molecule has 1 atom stereocenters. The van der Waals surface area contributed by atoms with Crippen molar-refractivity contribution in [2.45, 2.75) is 43.1 Å². The zero-order valence-corrected chi connectivity index (χ0v) is 20.7. The van der Waals surface area contributed by atoms with Gasteiger partial charge in [-0.3, -0.25) is 9.69 Å². The van der Waals surface area contributed by atoms with Crippen molar-refractivity contribution in [3.63, 3.8) is 0 Å². The van der Waals surface area contributed by atoms with Crippen LogP contribution in [0.25, 0.3) is 11.4 Å². The first-order valence-electron chi connectivity index (χ1n) is 12.2. The van der Waals surface area contributed by atoms with E-state index < -0.39 is 0 Å². The molecule has 35 heavy (non-hydrogen) atoms. The van der Waals surface area contributed by atoms with Gasteiger partial charge in [-0.25, -0.2) is 4.39 Å². The standard InChI is InChI=1S/C26H30FN5O2S/c1-18(25(33)28-23-10-7-19-3-2-4-21(19)17-23)35-26-30-29-24(20-5-8-22(27)9-6-20)32(26)12-11-31-13-15-34-16-14-31/h5-10,17-18H,2-4,11-16H2,1H3,(H,28,33)/t18-/m0/s1. The molecule has 9 heteroatoms. The largest absolute Gasteiger partial charge is 0.379 e. The molecule has 184 valence electrons. The zero-order chi connectivity index (χ0) is 24.2. The van der Waals surface area contributed by atoms with Gasteiger partial charge in [-0.1, -0.05) is 17.8 Å². The maximum Gasteiger partial charge on any atom is 0.237 e. The van der Waals surface area contributed by atoms with E-state index in [4.69, 9.17) is 4.74 Å². The molecule has 2 heterocycles. The molecule has 1 aliphatic heterocycles. The molecule has 1 aliphatic carbocycles. The Labute approximate surface area is 209 Å². The van der Waals surface area contributed by atoms with Crippen LogP contribution < -0.4 is 5.32 Å². The van der Waals surface area contributed by atoms with Gasteiger partial charge in [0.15, 0.2) is 11.0 Å². The lowest BCUT2D eigenvalue weighted by atomic mass is 10.1. The first-order chi connectivity index (χ1) is 17.1. The first kappa shape index (κ1) is 24.0. The van der Waals surface area contributed by atoms with Crippen LogP contribution in [-0.4, -0.2) is 63.7 Å². The molecular formula is C26H30FN5O2S. The van der Waals surface area contributed by atoms with Gasteiger partial charge in [0.05, 0.1) is 18.5 Å². The van der Waals surface area contributed by atoms with Gasteiger partial charge < -0.3 is 14.6 Å². The Balaban J connectivity index is 1.31. The third-order valence-corrected chi connectivity index (χ3v) is 7.66. The number of amides is 1. The van der Waals surface area contributed by atoms with Gasteiger partial charge in [-0.2, -0.15) is 0 Å². The van der Waals surface area contributed by atoms with Crippen LogP contribution in [0.2, 0.25) is 0 Å². The number of nitrogens with zero attached hydrogens (tertiary/aromatic N) is 4. The highest BCUT2D eigenvalue weighted by molar-refractivity contribution is 8.00. The second kappa shape index (κ2) is 10.9. The number of carbonyl (C=O) groups is 1. The fraction of sp³-hybridized carbons (Fsp3) is 0.423. The van der Waals surface area contributed by atoms with E-state index in [9.17, 15) is 9.18 Å². The molecular weight excluding hydrogens is 465 g/mol. The van der Waals surface area contributed by atoms with Gasteiger partial charge in [0.2, 0.25) is 5.91 Å². The van der Waals surface area contributed by atoms with Crippen LogP contribution in [0.1, 0.15) is 24.5 Å². The molecule has 2 aliphatic rings. The molecule has 1 fully saturated rings. The molecule has 1 saturated heterocycles. The third kappa shape index (κ3) is 5.74. The first-order valence-corrected chi connectivity index (χ1v) is 13.0. The van der Waals surface area contributed by atoms with Gasteiger partial charge in [-0.15, -0.1) is 10.2 Å². The van der Waals surface area contributed by atoms with Crippen molar-refractivity contribution in [1.29, 1.82) is 0 Å². The van der Waals surface area contributed by atoms with Crippen LogP contribution in [0.4, 0.5) is 10.1 Å². The molecule has 3 aromatic rings. The summed E-state index contributed by atoms with van der Waals surface area (Å²) in [7, 11) is 0. The maximum atomic E-state index is 13.5. The van der Waals surface area contributed by atoms with Crippen LogP contribution in [0.15, 0.2) is 47.6 Å². The highest BCUT2D eigenvalue weighted by Crippen LogP contribution is 2.29. The Morgan fingerprint density at radius 3 is 2.66 bits per heavy atom. The van der Waals surface area contributed by atoms with Crippen LogP contribution in [0.3, 0.4) is 0 Å². The SMILES string of the molecule is C[C@H](Sc1nnc(-c2ccc(F)cc2)n1CCN1CCOCC1)C(=O)Nc1ccc2c(c1)CCC2. The summed E-state index contributed by atoms with van der Waals surface area (Å²) in [6.45, 7) is 6.60. The lowest BCUT2D eigenvalue weighted by Gasteiger charge is -2.27. The summed E-state index contributed by atoms with van der Waals surface area (Å²) in [4.78, 5) is 15.3. The lowest BCUT2D eigenvalue weighted by molar-refractivity contribution is -0.115. The Kier molecular flexibility index (Phi) is 7.46. The maximum absolute atomic E-state index is 13.5. The number of hydrogen-bond donors (Lipinski definition) is 1. The van der Waals surface area contributed by atoms with Gasteiger partial charge in [0.1, 0.15) is 5.82 Å². The van der Waals surface area contributed by atoms with Crippen molar-refractivity contribution in [1.82, 2.24) is 19.7 Å². The summed E-state index contributed by atoms with van der Waals surface area (Å²) in [5.41, 5.74) is 4.34. The lowest BCUT2D eigenvalue weighted by Crippen LogP contribution is -2.38. The number of anilines is 1. The number of rotatable bonds is 8. The summed E-state index contributed by atoms with van der Waals surface area (Å²) in [6.07, 6.45) is 3.36. The molecule has 1 aromatic heterocycles. The number of benzene rings is 2. The van der Waals surface area contributed by atoms with Crippen LogP contribution >= 0.6 is 11.8 Å². The summed E-state index contributed by atoms with van der Waals surface area (Å²) >= 11 is 1.39. The zero-order valence-electron chi connectivity index (χ0n) is 19.9. The van der Waals surface area contributed by atoms with E-state index in [0.717, 1.165) is 56.9 Å².